The number of hydrogen-bond donors (Lipinski definition) is 2. The highest BCUT2D eigenvalue weighted by molar-refractivity contribution is 5.81. The lowest BCUT2D eigenvalue weighted by atomic mass is 10.1. The minimum absolute atomic E-state index is 0.0756. The Morgan fingerprint density at radius 3 is 2.37 bits per heavy atom. The summed E-state index contributed by atoms with van der Waals surface area (Å²) < 4.78 is 0. The molecule has 0 fully saturated rings. The average Bonchev–Trinajstić information content (AvgIpc) is 2.37. The number of nitrogens with zero attached hydrogens (tertiary/aromatic N) is 1. The normalized spacial score (nSPS) is 12.7. The van der Waals surface area contributed by atoms with Crippen LogP contribution < -0.4 is 11.1 Å². The summed E-state index contributed by atoms with van der Waals surface area (Å²) in [6, 6.07) is 7.60. The Morgan fingerprint density at radius 2 is 1.84 bits per heavy atom. The third kappa shape index (κ3) is 5.30. The van der Waals surface area contributed by atoms with Gasteiger partial charge in [0.25, 0.3) is 0 Å². The van der Waals surface area contributed by atoms with Crippen molar-refractivity contribution in [2.45, 2.75) is 33.4 Å². The maximum Gasteiger partial charge on any atom is 0.237 e. The number of carbonyl (C=O) groups is 1. The van der Waals surface area contributed by atoms with Crippen LogP contribution in [-0.4, -0.2) is 30.4 Å². The van der Waals surface area contributed by atoms with E-state index in [0.29, 0.717) is 5.92 Å². The molecule has 4 heteroatoms. The lowest BCUT2D eigenvalue weighted by Gasteiger charge is -2.24. The second-order valence-corrected chi connectivity index (χ2v) is 5.47. The van der Waals surface area contributed by atoms with Crippen molar-refractivity contribution in [3.63, 3.8) is 0 Å². The molecule has 3 N–H and O–H groups in total. The maximum absolute atomic E-state index is 12.0. The van der Waals surface area contributed by atoms with E-state index in [1.807, 2.05) is 43.1 Å². The van der Waals surface area contributed by atoms with E-state index in [9.17, 15) is 4.79 Å². The van der Waals surface area contributed by atoms with Crippen LogP contribution in [0.1, 0.15) is 26.3 Å². The summed E-state index contributed by atoms with van der Waals surface area (Å²) in [7, 11) is 1.95. The van der Waals surface area contributed by atoms with Gasteiger partial charge in [0, 0.05) is 18.8 Å². The first-order valence-corrected chi connectivity index (χ1v) is 6.72. The molecule has 0 saturated heterocycles. The molecule has 1 rings (SSSR count). The van der Waals surface area contributed by atoms with Crippen molar-refractivity contribution in [2.24, 2.45) is 5.92 Å². The molecule has 0 aliphatic heterocycles. The van der Waals surface area contributed by atoms with Crippen LogP contribution in [-0.2, 0) is 11.3 Å². The molecule has 19 heavy (non-hydrogen) atoms. The summed E-state index contributed by atoms with van der Waals surface area (Å²) in [6.45, 7) is 7.55. The predicted octanol–water partition coefficient (Wildman–Crippen LogP) is 1.86. The van der Waals surface area contributed by atoms with Crippen LogP contribution in [0.15, 0.2) is 24.3 Å². The first-order chi connectivity index (χ1) is 8.90. The van der Waals surface area contributed by atoms with Crippen LogP contribution in [0, 0.1) is 5.92 Å². The van der Waals surface area contributed by atoms with Crippen molar-refractivity contribution in [1.82, 2.24) is 10.2 Å². The number of amides is 1. The van der Waals surface area contributed by atoms with E-state index in [1.54, 1.807) is 0 Å². The molecule has 4 nitrogen and oxygen atoms in total. The highest BCUT2D eigenvalue weighted by atomic mass is 16.2. The van der Waals surface area contributed by atoms with Gasteiger partial charge >= 0.3 is 0 Å². The standard InChI is InChI=1S/C15H25N3O/c1-11(2)9-17-15(19)12(3)18(4)10-13-5-7-14(16)8-6-13/h5-8,11-12H,9-10,16H2,1-4H3,(H,17,19). The fraction of sp³-hybridized carbons (Fsp3) is 0.533. The molecule has 0 spiro atoms. The number of rotatable bonds is 6. The molecule has 1 amide bonds. The van der Waals surface area contributed by atoms with Crippen LogP contribution in [0.25, 0.3) is 0 Å². The van der Waals surface area contributed by atoms with E-state index in [1.165, 1.54) is 0 Å². The van der Waals surface area contributed by atoms with Crippen LogP contribution >= 0.6 is 0 Å². The van der Waals surface area contributed by atoms with Gasteiger partial charge in [-0.2, -0.15) is 0 Å². The number of anilines is 1. The molecule has 106 valence electrons. The summed E-state index contributed by atoms with van der Waals surface area (Å²) in [5, 5.41) is 2.96. The molecule has 0 bridgehead atoms. The van der Waals surface area contributed by atoms with Crippen molar-refractivity contribution in [1.29, 1.82) is 0 Å². The van der Waals surface area contributed by atoms with E-state index in [2.05, 4.69) is 19.2 Å². The summed E-state index contributed by atoms with van der Waals surface area (Å²) in [6.07, 6.45) is 0. The van der Waals surface area contributed by atoms with Crippen LogP contribution in [0.5, 0.6) is 0 Å². The Balaban J connectivity index is 2.49. The summed E-state index contributed by atoms with van der Waals surface area (Å²) in [5.74, 6) is 0.546. The van der Waals surface area contributed by atoms with E-state index in [-0.39, 0.29) is 11.9 Å². The highest BCUT2D eigenvalue weighted by Gasteiger charge is 2.17. The number of nitrogens with two attached hydrogens (primary N) is 1. The molecular formula is C15H25N3O. The van der Waals surface area contributed by atoms with Gasteiger partial charge in [0.2, 0.25) is 5.91 Å². The van der Waals surface area contributed by atoms with Crippen molar-refractivity contribution in [3.8, 4) is 0 Å². The van der Waals surface area contributed by atoms with Crippen LogP contribution in [0.3, 0.4) is 0 Å². The van der Waals surface area contributed by atoms with Crippen LogP contribution in [0.2, 0.25) is 0 Å². The van der Waals surface area contributed by atoms with Crippen molar-refractivity contribution >= 4 is 11.6 Å². The minimum atomic E-state index is -0.142. The van der Waals surface area contributed by atoms with Gasteiger partial charge in [-0.15, -0.1) is 0 Å². The first-order valence-electron chi connectivity index (χ1n) is 6.72. The van der Waals surface area contributed by atoms with Crippen molar-refractivity contribution < 1.29 is 4.79 Å². The van der Waals surface area contributed by atoms with Crippen molar-refractivity contribution in [2.75, 3.05) is 19.3 Å². The molecule has 0 aliphatic rings. The molecule has 0 aromatic heterocycles. The van der Waals surface area contributed by atoms with Gasteiger partial charge in [0.15, 0.2) is 0 Å². The minimum Gasteiger partial charge on any atom is -0.399 e. The van der Waals surface area contributed by atoms with E-state index < -0.39 is 0 Å². The summed E-state index contributed by atoms with van der Waals surface area (Å²) in [5.41, 5.74) is 7.57. The van der Waals surface area contributed by atoms with Crippen molar-refractivity contribution in [3.05, 3.63) is 29.8 Å². The lowest BCUT2D eigenvalue weighted by Crippen LogP contribution is -2.43. The Bertz CT molecular complexity index is 400. The molecule has 0 aliphatic carbocycles. The number of hydrogen-bond acceptors (Lipinski definition) is 3. The Kier molecular flexibility index (Phi) is 5.83. The zero-order chi connectivity index (χ0) is 14.4. The molecular weight excluding hydrogens is 238 g/mol. The molecule has 1 aromatic carbocycles. The van der Waals surface area contributed by atoms with Gasteiger partial charge in [-0.25, -0.2) is 0 Å². The fourth-order valence-electron chi connectivity index (χ4n) is 1.70. The van der Waals surface area contributed by atoms with Gasteiger partial charge in [0.1, 0.15) is 0 Å². The quantitative estimate of drug-likeness (QED) is 0.770. The Hall–Kier alpha value is -1.55. The zero-order valence-corrected chi connectivity index (χ0v) is 12.3. The number of nitrogen functional groups attached to an aromatic ring is 1. The van der Waals surface area contributed by atoms with E-state index in [4.69, 9.17) is 5.73 Å². The zero-order valence-electron chi connectivity index (χ0n) is 12.3. The molecule has 0 saturated carbocycles. The van der Waals surface area contributed by atoms with E-state index in [0.717, 1.165) is 24.3 Å². The fourth-order valence-corrected chi connectivity index (χ4v) is 1.70. The molecule has 1 atom stereocenters. The molecule has 0 radical (unpaired) electrons. The molecule has 1 aromatic rings. The van der Waals surface area contributed by atoms with Gasteiger partial charge in [-0.3, -0.25) is 9.69 Å². The number of carbonyl (C=O) groups excluding carboxylic acids is 1. The van der Waals surface area contributed by atoms with Crippen LogP contribution in [0.4, 0.5) is 5.69 Å². The number of nitrogens with one attached hydrogen (secondary N) is 1. The van der Waals surface area contributed by atoms with Gasteiger partial charge in [-0.1, -0.05) is 26.0 Å². The van der Waals surface area contributed by atoms with Gasteiger partial charge in [-0.05, 0) is 37.6 Å². The second-order valence-electron chi connectivity index (χ2n) is 5.47. The third-order valence-electron chi connectivity index (χ3n) is 3.14. The van der Waals surface area contributed by atoms with Gasteiger partial charge < -0.3 is 11.1 Å². The molecule has 0 heterocycles. The predicted molar refractivity (Wildman–Crippen MR) is 79.6 cm³/mol. The number of likely N-dealkylation sites (N-methyl/N-ethyl adjacent to an activating group) is 1. The second kappa shape index (κ2) is 7.14. The SMILES string of the molecule is CC(C)CNC(=O)C(C)N(C)Cc1ccc(N)cc1. The van der Waals surface area contributed by atoms with Gasteiger partial charge in [0.05, 0.1) is 6.04 Å². The molecule has 1 unspecified atom stereocenters. The smallest absolute Gasteiger partial charge is 0.237 e. The maximum atomic E-state index is 12.0. The highest BCUT2D eigenvalue weighted by Crippen LogP contribution is 2.09. The number of benzene rings is 1. The average molecular weight is 263 g/mol. The van der Waals surface area contributed by atoms with E-state index >= 15 is 0 Å². The summed E-state index contributed by atoms with van der Waals surface area (Å²) in [4.78, 5) is 14.0. The monoisotopic (exact) mass is 263 g/mol. The third-order valence-corrected chi connectivity index (χ3v) is 3.14. The Labute approximate surface area is 116 Å². The lowest BCUT2D eigenvalue weighted by molar-refractivity contribution is -0.125. The topological polar surface area (TPSA) is 58.4 Å². The largest absolute Gasteiger partial charge is 0.399 e. The first kappa shape index (κ1) is 15.5. The Morgan fingerprint density at radius 1 is 1.26 bits per heavy atom. The summed E-state index contributed by atoms with van der Waals surface area (Å²) >= 11 is 0.